The minimum absolute atomic E-state index is 0.00678. The summed E-state index contributed by atoms with van der Waals surface area (Å²) in [6, 6.07) is 5.38. The number of benzene rings is 2. The number of amides is 1. The van der Waals surface area contributed by atoms with Crippen LogP contribution in [0.5, 0.6) is 0 Å². The Morgan fingerprint density at radius 1 is 1.00 bits per heavy atom. The van der Waals surface area contributed by atoms with Gasteiger partial charge in [0.25, 0.3) is 10.1 Å². The summed E-state index contributed by atoms with van der Waals surface area (Å²) in [4.78, 5) is 13.6. The highest BCUT2D eigenvalue weighted by Gasteiger charge is 2.43. The van der Waals surface area contributed by atoms with Gasteiger partial charge < -0.3 is 9.64 Å². The van der Waals surface area contributed by atoms with Crippen molar-refractivity contribution >= 4 is 39.2 Å². The van der Waals surface area contributed by atoms with E-state index in [1.807, 2.05) is 0 Å². The Hall–Kier alpha value is -2.06. The van der Waals surface area contributed by atoms with E-state index < -0.39 is 70.4 Å². The number of morpholine rings is 1. The smallest absolute Gasteiger partial charge is 0.359 e. The van der Waals surface area contributed by atoms with Gasteiger partial charge in [0.1, 0.15) is 12.2 Å². The molecule has 204 valence electrons. The standard InChI is InChI=1S/C22H19Cl2F6NO5S/c1-37(33,34)36-5-4-20(14-2-3-17(23)18(24)9-14)12-31(19(32)11-35-20)10-13-6-15(21(25,26)27)8-16(7-13)22(28,29)30/h2-3,6-9H,4-5,10-12H2,1H3. The minimum Gasteiger partial charge on any atom is -0.359 e. The number of carbonyl (C=O) groups excluding carboxylic acids is 1. The second kappa shape index (κ2) is 10.6. The Morgan fingerprint density at radius 3 is 2.11 bits per heavy atom. The number of halogens is 8. The third kappa shape index (κ3) is 7.50. The molecule has 0 spiro atoms. The first-order valence-electron chi connectivity index (χ1n) is 10.4. The Morgan fingerprint density at radius 2 is 1.59 bits per heavy atom. The molecule has 37 heavy (non-hydrogen) atoms. The summed E-state index contributed by atoms with van der Waals surface area (Å²) in [7, 11) is -3.86. The monoisotopic (exact) mass is 593 g/mol. The molecule has 2 aromatic carbocycles. The molecule has 1 amide bonds. The number of hydrogen-bond acceptors (Lipinski definition) is 5. The van der Waals surface area contributed by atoms with Crippen LogP contribution in [-0.4, -0.2) is 45.2 Å². The predicted octanol–water partition coefficient (Wildman–Crippen LogP) is 5.65. The van der Waals surface area contributed by atoms with E-state index in [4.69, 9.17) is 32.1 Å². The molecule has 0 N–H and O–H groups in total. The molecule has 1 fully saturated rings. The first-order valence-corrected chi connectivity index (χ1v) is 13.0. The highest BCUT2D eigenvalue weighted by Crippen LogP contribution is 2.39. The molecule has 1 aliphatic heterocycles. The average molecular weight is 594 g/mol. The van der Waals surface area contributed by atoms with E-state index in [9.17, 15) is 39.6 Å². The van der Waals surface area contributed by atoms with Crippen LogP contribution in [0.3, 0.4) is 0 Å². The summed E-state index contributed by atoms with van der Waals surface area (Å²) >= 11 is 12.1. The van der Waals surface area contributed by atoms with Crippen LogP contribution in [-0.2, 0) is 48.3 Å². The van der Waals surface area contributed by atoms with Crippen molar-refractivity contribution in [3.05, 3.63) is 68.7 Å². The maximum absolute atomic E-state index is 13.3. The van der Waals surface area contributed by atoms with Crippen LogP contribution in [0.1, 0.15) is 28.7 Å². The lowest BCUT2D eigenvalue weighted by Gasteiger charge is -2.43. The van der Waals surface area contributed by atoms with Gasteiger partial charge in [0, 0.05) is 13.0 Å². The highest BCUT2D eigenvalue weighted by atomic mass is 35.5. The van der Waals surface area contributed by atoms with E-state index in [1.165, 1.54) is 18.2 Å². The molecule has 2 aromatic rings. The SMILES string of the molecule is CS(=O)(=O)OCCC1(c2ccc(Cl)c(Cl)c2)CN(Cc2cc(C(F)(F)F)cc(C(F)(F)F)c2)C(=O)CO1. The lowest BCUT2D eigenvalue weighted by atomic mass is 9.88. The van der Waals surface area contributed by atoms with Crippen molar-refractivity contribution in [3.8, 4) is 0 Å². The average Bonchev–Trinajstić information content (AvgIpc) is 2.75. The molecule has 1 aliphatic rings. The Kier molecular flexibility index (Phi) is 8.45. The molecule has 0 aliphatic carbocycles. The van der Waals surface area contributed by atoms with Crippen LogP contribution >= 0.6 is 23.2 Å². The molecular weight excluding hydrogens is 575 g/mol. The quantitative estimate of drug-likeness (QED) is 0.306. The van der Waals surface area contributed by atoms with E-state index in [0.29, 0.717) is 17.7 Å². The normalized spacial score (nSPS) is 19.4. The molecule has 3 rings (SSSR count). The summed E-state index contributed by atoms with van der Waals surface area (Å²) in [5.41, 5.74) is -4.56. The molecule has 1 atom stereocenters. The third-order valence-electron chi connectivity index (χ3n) is 5.54. The van der Waals surface area contributed by atoms with Crippen molar-refractivity contribution < 1.29 is 48.5 Å². The van der Waals surface area contributed by atoms with Gasteiger partial charge in [-0.3, -0.25) is 8.98 Å². The summed E-state index contributed by atoms with van der Waals surface area (Å²) in [5.74, 6) is -0.703. The van der Waals surface area contributed by atoms with Crippen LogP contribution in [0, 0.1) is 0 Å². The van der Waals surface area contributed by atoms with E-state index in [2.05, 4.69) is 0 Å². The maximum atomic E-state index is 13.3. The van der Waals surface area contributed by atoms with E-state index in [0.717, 1.165) is 11.2 Å². The van der Waals surface area contributed by atoms with Crippen LogP contribution in [0.25, 0.3) is 0 Å². The lowest BCUT2D eigenvalue weighted by molar-refractivity contribution is -0.169. The Bertz CT molecular complexity index is 1250. The fraction of sp³-hybridized carbons (Fsp3) is 0.409. The number of nitrogens with zero attached hydrogens (tertiary/aromatic N) is 1. The van der Waals surface area contributed by atoms with Gasteiger partial charge in [-0.2, -0.15) is 34.8 Å². The molecule has 0 bridgehead atoms. The highest BCUT2D eigenvalue weighted by molar-refractivity contribution is 7.85. The second-order valence-corrected chi connectivity index (χ2v) is 10.8. The summed E-state index contributed by atoms with van der Waals surface area (Å²) in [6.45, 7) is -1.95. The molecule has 0 radical (unpaired) electrons. The van der Waals surface area contributed by atoms with Crippen LogP contribution in [0.4, 0.5) is 26.3 Å². The molecule has 1 saturated heterocycles. The molecule has 6 nitrogen and oxygen atoms in total. The van der Waals surface area contributed by atoms with Gasteiger partial charge in [-0.1, -0.05) is 29.3 Å². The van der Waals surface area contributed by atoms with E-state index in [-0.39, 0.29) is 29.1 Å². The van der Waals surface area contributed by atoms with Crippen LogP contribution < -0.4 is 0 Å². The van der Waals surface area contributed by atoms with Crippen LogP contribution in [0.2, 0.25) is 10.0 Å². The van der Waals surface area contributed by atoms with E-state index in [1.54, 1.807) is 0 Å². The molecule has 0 saturated carbocycles. The van der Waals surface area contributed by atoms with Crippen molar-refractivity contribution in [3.63, 3.8) is 0 Å². The fourth-order valence-electron chi connectivity index (χ4n) is 3.82. The molecular formula is C22H19Cl2F6NO5S. The first kappa shape index (κ1) is 29.5. The molecule has 1 heterocycles. The number of alkyl halides is 6. The van der Waals surface area contributed by atoms with Crippen molar-refractivity contribution in [2.75, 3.05) is 26.0 Å². The van der Waals surface area contributed by atoms with E-state index >= 15 is 0 Å². The molecule has 15 heteroatoms. The van der Waals surface area contributed by atoms with Crippen LogP contribution in [0.15, 0.2) is 36.4 Å². The number of rotatable bonds is 7. The zero-order valence-electron chi connectivity index (χ0n) is 18.9. The molecule has 1 unspecified atom stereocenters. The third-order valence-corrected chi connectivity index (χ3v) is 6.87. The predicted molar refractivity (Wildman–Crippen MR) is 121 cm³/mol. The summed E-state index contributed by atoms with van der Waals surface area (Å²) in [5, 5.41) is 0.280. The molecule has 0 aromatic heterocycles. The summed E-state index contributed by atoms with van der Waals surface area (Å²) < 4.78 is 113. The van der Waals surface area contributed by atoms with Crippen molar-refractivity contribution in [2.24, 2.45) is 0 Å². The fourth-order valence-corrected chi connectivity index (χ4v) is 4.50. The number of ether oxygens (including phenoxy) is 1. The van der Waals surface area contributed by atoms with Crippen molar-refractivity contribution in [1.29, 1.82) is 0 Å². The number of carbonyl (C=O) groups is 1. The Labute approximate surface area is 218 Å². The van der Waals surface area contributed by atoms with Crippen molar-refractivity contribution in [2.45, 2.75) is 30.9 Å². The Balaban J connectivity index is 2.00. The zero-order valence-corrected chi connectivity index (χ0v) is 21.2. The van der Waals surface area contributed by atoms with Gasteiger partial charge in [0.15, 0.2) is 0 Å². The van der Waals surface area contributed by atoms with Gasteiger partial charge in [0.05, 0.1) is 40.6 Å². The zero-order chi connectivity index (χ0) is 27.8. The van der Waals surface area contributed by atoms with Crippen molar-refractivity contribution in [1.82, 2.24) is 4.90 Å². The van der Waals surface area contributed by atoms with Gasteiger partial charge in [-0.05, 0) is 41.5 Å². The minimum atomic E-state index is -5.06. The van der Waals surface area contributed by atoms with Gasteiger partial charge in [-0.25, -0.2) is 0 Å². The topological polar surface area (TPSA) is 72.9 Å². The van der Waals surface area contributed by atoms with Gasteiger partial charge in [0.2, 0.25) is 5.91 Å². The maximum Gasteiger partial charge on any atom is 0.416 e. The van der Waals surface area contributed by atoms with Gasteiger partial charge >= 0.3 is 12.4 Å². The number of hydrogen-bond donors (Lipinski definition) is 0. The largest absolute Gasteiger partial charge is 0.416 e. The summed E-state index contributed by atoms with van der Waals surface area (Å²) in [6.07, 6.45) is -9.45. The van der Waals surface area contributed by atoms with Gasteiger partial charge in [-0.15, -0.1) is 0 Å². The second-order valence-electron chi connectivity index (χ2n) is 8.35. The first-order chi connectivity index (χ1) is 16.9. The lowest BCUT2D eigenvalue weighted by Crippen LogP contribution is -2.53.